The van der Waals surface area contributed by atoms with Crippen LogP contribution in [0.4, 0.5) is 18.9 Å². The first-order valence-electron chi connectivity index (χ1n) is 11.9. The number of halogens is 3. The number of ether oxygens (including phenoxy) is 1. The maximum absolute atomic E-state index is 13.7. The van der Waals surface area contributed by atoms with E-state index in [0.717, 1.165) is 41.2 Å². The number of anilines is 1. The predicted octanol–water partition coefficient (Wildman–Crippen LogP) is 5.09. The van der Waals surface area contributed by atoms with Gasteiger partial charge in [0.05, 0.1) is 35.1 Å². The van der Waals surface area contributed by atoms with E-state index in [9.17, 15) is 21.6 Å². The molecule has 198 valence electrons. The molecular formula is C27H25F3N4O3S. The summed E-state index contributed by atoms with van der Waals surface area (Å²) in [5.74, 6) is 0.642. The van der Waals surface area contributed by atoms with Crippen LogP contribution in [-0.2, 0) is 29.3 Å². The topological polar surface area (TPSA) is 78.5 Å². The van der Waals surface area contributed by atoms with Gasteiger partial charge in [0.25, 0.3) is 0 Å². The fraction of sp³-hybridized carbons (Fsp3) is 0.222. The molecule has 3 aromatic carbocycles. The molecule has 1 aromatic heterocycles. The molecule has 38 heavy (non-hydrogen) atoms. The van der Waals surface area contributed by atoms with E-state index >= 15 is 0 Å². The Morgan fingerprint density at radius 3 is 2.37 bits per heavy atom. The number of nitrogens with one attached hydrogen (secondary N) is 1. The van der Waals surface area contributed by atoms with Crippen molar-refractivity contribution in [3.63, 3.8) is 0 Å². The molecule has 7 nitrogen and oxygen atoms in total. The number of imidazole rings is 1. The lowest BCUT2D eigenvalue weighted by Gasteiger charge is -2.33. The first kappa shape index (κ1) is 25.8. The molecule has 0 spiro atoms. The molecule has 1 aliphatic rings. The summed E-state index contributed by atoms with van der Waals surface area (Å²) in [6.45, 7) is 0.708. The third-order valence-corrected chi connectivity index (χ3v) is 8.23. The van der Waals surface area contributed by atoms with Gasteiger partial charge in [-0.3, -0.25) is 0 Å². The van der Waals surface area contributed by atoms with Crippen molar-refractivity contribution in [2.75, 3.05) is 18.1 Å². The van der Waals surface area contributed by atoms with Gasteiger partial charge in [-0.25, -0.2) is 13.4 Å². The number of alkyl halides is 3. The highest BCUT2D eigenvalue weighted by Crippen LogP contribution is 2.34. The molecule has 0 fully saturated rings. The molecule has 0 aliphatic carbocycles. The summed E-state index contributed by atoms with van der Waals surface area (Å²) < 4.78 is 74.1. The molecule has 0 bridgehead atoms. The number of hydrogen-bond donors (Lipinski definition) is 1. The minimum atomic E-state index is -4.56. The first-order chi connectivity index (χ1) is 18.2. The molecule has 4 aromatic rings. The van der Waals surface area contributed by atoms with Crippen molar-refractivity contribution in [3.05, 3.63) is 108 Å². The van der Waals surface area contributed by atoms with Crippen molar-refractivity contribution >= 4 is 15.7 Å². The number of hydrogen-bond acceptors (Lipinski definition) is 5. The number of fused-ring (bicyclic) bond motifs is 1. The van der Waals surface area contributed by atoms with E-state index in [1.165, 1.54) is 4.31 Å². The van der Waals surface area contributed by atoms with Gasteiger partial charge in [0.2, 0.25) is 10.0 Å². The van der Waals surface area contributed by atoms with Crippen LogP contribution in [0.15, 0.2) is 96.3 Å². The van der Waals surface area contributed by atoms with E-state index in [1.807, 2.05) is 54.6 Å². The van der Waals surface area contributed by atoms with Gasteiger partial charge >= 0.3 is 6.18 Å². The number of nitrogens with zero attached hydrogens (tertiary/aromatic N) is 3. The zero-order valence-corrected chi connectivity index (χ0v) is 21.0. The molecule has 0 saturated heterocycles. The van der Waals surface area contributed by atoms with Crippen LogP contribution in [0.2, 0.25) is 0 Å². The summed E-state index contributed by atoms with van der Waals surface area (Å²) in [7, 11) is -4.13. The van der Waals surface area contributed by atoms with Crippen LogP contribution in [0.1, 0.15) is 16.8 Å². The third-order valence-electron chi connectivity index (χ3n) is 6.40. The lowest BCUT2D eigenvalue weighted by molar-refractivity contribution is -0.137. The average molecular weight is 543 g/mol. The SMILES string of the molecule is O=S(=O)(c1ccc(C(F)(F)F)cc1)N1Cc2ccccc2N(Cc2cnc[nH]2)[C@H](COc2ccccc2)C1. The molecule has 0 amide bonds. The second-order valence-corrected chi connectivity index (χ2v) is 10.9. The van der Waals surface area contributed by atoms with Crippen LogP contribution in [0.3, 0.4) is 0 Å². The Hall–Kier alpha value is -3.83. The van der Waals surface area contributed by atoms with Crippen LogP contribution in [-0.4, -0.2) is 41.9 Å². The van der Waals surface area contributed by atoms with Gasteiger partial charge in [-0.2, -0.15) is 17.5 Å². The lowest BCUT2D eigenvalue weighted by atomic mass is 10.1. The average Bonchev–Trinajstić information content (AvgIpc) is 3.37. The van der Waals surface area contributed by atoms with Gasteiger partial charge in [-0.15, -0.1) is 0 Å². The van der Waals surface area contributed by atoms with Crippen LogP contribution in [0.5, 0.6) is 5.75 Å². The normalized spacial score (nSPS) is 16.6. The summed E-state index contributed by atoms with van der Waals surface area (Å²) in [5.41, 5.74) is 1.54. The van der Waals surface area contributed by atoms with E-state index in [1.54, 1.807) is 12.5 Å². The smallest absolute Gasteiger partial charge is 0.416 e. The summed E-state index contributed by atoms with van der Waals surface area (Å²) in [6, 6.07) is 19.9. The lowest BCUT2D eigenvalue weighted by Crippen LogP contribution is -2.46. The number of para-hydroxylation sites is 2. The van der Waals surface area contributed by atoms with Crippen molar-refractivity contribution in [3.8, 4) is 5.75 Å². The summed E-state index contributed by atoms with van der Waals surface area (Å²) >= 11 is 0. The van der Waals surface area contributed by atoms with Gasteiger partial charge in [0, 0.05) is 25.0 Å². The Morgan fingerprint density at radius 1 is 0.974 bits per heavy atom. The molecule has 1 atom stereocenters. The monoisotopic (exact) mass is 542 g/mol. The number of rotatable bonds is 7. The molecule has 11 heteroatoms. The number of aromatic nitrogens is 2. The fourth-order valence-electron chi connectivity index (χ4n) is 4.48. The fourth-order valence-corrected chi connectivity index (χ4v) is 5.93. The van der Waals surface area contributed by atoms with Crippen LogP contribution < -0.4 is 9.64 Å². The van der Waals surface area contributed by atoms with Gasteiger partial charge in [-0.1, -0.05) is 36.4 Å². The Kier molecular flexibility index (Phi) is 7.13. The molecule has 5 rings (SSSR count). The Morgan fingerprint density at radius 2 is 1.68 bits per heavy atom. The van der Waals surface area contributed by atoms with Gasteiger partial charge in [0.15, 0.2) is 0 Å². The molecule has 2 heterocycles. The standard InChI is InChI=1S/C27H25F3N4O3S/c28-27(29,30)21-10-12-25(13-11-21)38(35,36)33-15-20-6-4-5-9-26(20)34(16-22-14-31-19-32-22)23(17-33)18-37-24-7-2-1-3-8-24/h1-14,19,23H,15-18H2,(H,31,32)/t23-/m0/s1. The van der Waals surface area contributed by atoms with Crippen molar-refractivity contribution in [2.24, 2.45) is 0 Å². The van der Waals surface area contributed by atoms with Gasteiger partial charge < -0.3 is 14.6 Å². The highest BCUT2D eigenvalue weighted by atomic mass is 32.2. The van der Waals surface area contributed by atoms with Gasteiger partial charge in [-0.05, 0) is 48.0 Å². The number of benzene rings is 3. The van der Waals surface area contributed by atoms with E-state index in [4.69, 9.17) is 4.74 Å². The molecule has 0 radical (unpaired) electrons. The number of aromatic amines is 1. The molecule has 1 aliphatic heterocycles. The van der Waals surface area contributed by atoms with Crippen molar-refractivity contribution < 1.29 is 26.3 Å². The zero-order valence-electron chi connectivity index (χ0n) is 20.2. The first-order valence-corrected chi connectivity index (χ1v) is 13.3. The van der Waals surface area contributed by atoms with Crippen molar-refractivity contribution in [2.45, 2.75) is 30.2 Å². The summed E-state index contributed by atoms with van der Waals surface area (Å²) in [6.07, 6.45) is -1.27. The Balaban J connectivity index is 1.52. The minimum absolute atomic E-state index is 0.0546. The number of sulfonamides is 1. The zero-order chi connectivity index (χ0) is 26.8. The van der Waals surface area contributed by atoms with Gasteiger partial charge in [0.1, 0.15) is 12.4 Å². The van der Waals surface area contributed by atoms with E-state index in [0.29, 0.717) is 12.3 Å². The predicted molar refractivity (Wildman–Crippen MR) is 136 cm³/mol. The molecule has 0 saturated carbocycles. The highest BCUT2D eigenvalue weighted by Gasteiger charge is 2.36. The highest BCUT2D eigenvalue weighted by molar-refractivity contribution is 7.89. The van der Waals surface area contributed by atoms with Crippen molar-refractivity contribution in [1.29, 1.82) is 0 Å². The maximum atomic E-state index is 13.7. The largest absolute Gasteiger partial charge is 0.491 e. The Labute approximate surface area is 218 Å². The number of H-pyrrole nitrogens is 1. The van der Waals surface area contributed by atoms with E-state index in [-0.39, 0.29) is 24.6 Å². The van der Waals surface area contributed by atoms with Crippen LogP contribution in [0.25, 0.3) is 0 Å². The molecule has 0 unspecified atom stereocenters. The Bertz CT molecular complexity index is 1460. The van der Waals surface area contributed by atoms with Crippen molar-refractivity contribution in [1.82, 2.24) is 14.3 Å². The quantitative estimate of drug-likeness (QED) is 0.352. The van der Waals surface area contributed by atoms with Crippen LogP contribution in [0, 0.1) is 0 Å². The van der Waals surface area contributed by atoms with Crippen LogP contribution >= 0.6 is 0 Å². The third kappa shape index (κ3) is 5.53. The van der Waals surface area contributed by atoms with E-state index in [2.05, 4.69) is 14.9 Å². The maximum Gasteiger partial charge on any atom is 0.416 e. The summed E-state index contributed by atoms with van der Waals surface area (Å²) in [4.78, 5) is 9.08. The minimum Gasteiger partial charge on any atom is -0.491 e. The summed E-state index contributed by atoms with van der Waals surface area (Å²) in [5, 5.41) is 0. The molecule has 1 N–H and O–H groups in total. The van der Waals surface area contributed by atoms with E-state index < -0.39 is 27.8 Å². The second-order valence-electron chi connectivity index (χ2n) is 8.93. The molecular weight excluding hydrogens is 517 g/mol. The second kappa shape index (κ2) is 10.5.